The van der Waals surface area contributed by atoms with E-state index >= 15 is 0 Å². The van der Waals surface area contributed by atoms with Gasteiger partial charge in [0.1, 0.15) is 10.8 Å². The van der Waals surface area contributed by atoms with Gasteiger partial charge in [-0.15, -0.1) is 22.7 Å². The Bertz CT molecular complexity index is 1090. The molecule has 156 valence electrons. The van der Waals surface area contributed by atoms with Crippen molar-refractivity contribution in [1.29, 1.82) is 0 Å². The fourth-order valence-electron chi connectivity index (χ4n) is 3.38. The number of benzene rings is 1. The fraction of sp³-hybridized carbons (Fsp3) is 0.286. The summed E-state index contributed by atoms with van der Waals surface area (Å²) >= 11 is 8.95. The molecule has 0 atom stereocenters. The third-order valence-electron chi connectivity index (χ3n) is 5.00. The van der Waals surface area contributed by atoms with E-state index in [2.05, 4.69) is 4.98 Å². The second-order valence-electron chi connectivity index (χ2n) is 7.01. The van der Waals surface area contributed by atoms with Gasteiger partial charge in [0.2, 0.25) is 5.91 Å². The normalized spacial score (nSPS) is 14.2. The second kappa shape index (κ2) is 8.83. The minimum absolute atomic E-state index is 0.0168. The van der Waals surface area contributed by atoms with Crippen LogP contribution in [0, 0.1) is 5.82 Å². The van der Waals surface area contributed by atoms with Crippen LogP contribution in [0.1, 0.15) is 23.0 Å². The second-order valence-corrected chi connectivity index (χ2v) is 9.59. The van der Waals surface area contributed by atoms with E-state index in [1.165, 1.54) is 35.7 Å². The lowest BCUT2D eigenvalue weighted by Crippen LogP contribution is -2.49. The summed E-state index contributed by atoms with van der Waals surface area (Å²) in [5, 5.41) is 2.77. The van der Waals surface area contributed by atoms with Gasteiger partial charge in [-0.25, -0.2) is 9.37 Å². The number of amides is 1. The number of piperazine rings is 1. The number of anilines is 1. The summed E-state index contributed by atoms with van der Waals surface area (Å²) in [7, 11) is 0. The average molecular weight is 464 g/mol. The molecule has 30 heavy (non-hydrogen) atoms. The first-order valence-electron chi connectivity index (χ1n) is 9.44. The van der Waals surface area contributed by atoms with Crippen LogP contribution in [0.2, 0.25) is 4.34 Å². The summed E-state index contributed by atoms with van der Waals surface area (Å²) in [4.78, 5) is 33.3. The number of hydrogen-bond acceptors (Lipinski definition) is 6. The number of halogens is 2. The lowest BCUT2D eigenvalue weighted by atomic mass is 10.1. The van der Waals surface area contributed by atoms with Crippen LogP contribution in [0.5, 0.6) is 0 Å². The maximum atomic E-state index is 14.4. The SMILES string of the molecule is CC(=O)c1ccc(N2CCN(C(=O)Cc3csc(-c4ccc(Cl)s4)n3)CC2)c(F)c1. The summed E-state index contributed by atoms with van der Waals surface area (Å²) in [6, 6.07) is 8.31. The van der Waals surface area contributed by atoms with Crippen LogP contribution in [0.15, 0.2) is 35.7 Å². The molecule has 0 N–H and O–H groups in total. The molecule has 1 aromatic carbocycles. The number of aromatic nitrogens is 1. The molecular formula is C21H19ClFN3O2S2. The first-order valence-corrected chi connectivity index (χ1v) is 11.5. The molecule has 2 aromatic heterocycles. The standard InChI is InChI=1S/C21H19ClFN3O2S2/c1-13(27)14-2-3-17(16(23)10-14)25-6-8-26(9-7-25)20(28)11-15-12-29-21(24-15)18-4-5-19(22)30-18/h2-5,10,12H,6-9,11H2,1H3. The highest BCUT2D eigenvalue weighted by atomic mass is 35.5. The van der Waals surface area contributed by atoms with Crippen molar-refractivity contribution in [3.05, 3.63) is 57.1 Å². The molecule has 3 heterocycles. The first kappa shape index (κ1) is 21.0. The molecule has 1 fully saturated rings. The van der Waals surface area contributed by atoms with E-state index in [9.17, 15) is 14.0 Å². The quantitative estimate of drug-likeness (QED) is 0.512. The molecule has 0 unspecified atom stereocenters. The van der Waals surface area contributed by atoms with Crippen LogP contribution >= 0.6 is 34.3 Å². The molecule has 1 saturated heterocycles. The van der Waals surface area contributed by atoms with Crippen molar-refractivity contribution >= 4 is 51.7 Å². The van der Waals surface area contributed by atoms with Gasteiger partial charge < -0.3 is 9.80 Å². The number of Topliss-reactive ketones (excluding diaryl/α,β-unsaturated/α-hetero) is 1. The molecule has 0 bridgehead atoms. The highest BCUT2D eigenvalue weighted by Crippen LogP contribution is 2.33. The van der Waals surface area contributed by atoms with Crippen molar-refractivity contribution in [2.24, 2.45) is 0 Å². The minimum atomic E-state index is -0.411. The molecule has 0 saturated carbocycles. The molecule has 0 radical (unpaired) electrons. The Morgan fingerprint density at radius 3 is 2.57 bits per heavy atom. The zero-order valence-electron chi connectivity index (χ0n) is 16.2. The number of thiazole rings is 1. The van der Waals surface area contributed by atoms with E-state index in [0.717, 1.165) is 15.6 Å². The predicted molar refractivity (Wildman–Crippen MR) is 119 cm³/mol. The van der Waals surface area contributed by atoms with Crippen molar-refractivity contribution in [2.75, 3.05) is 31.1 Å². The molecule has 9 heteroatoms. The molecular weight excluding hydrogens is 445 g/mol. The smallest absolute Gasteiger partial charge is 0.228 e. The predicted octanol–water partition coefficient (Wildman–Crippen LogP) is 4.76. The van der Waals surface area contributed by atoms with E-state index in [1.54, 1.807) is 17.0 Å². The molecule has 1 aliphatic rings. The van der Waals surface area contributed by atoms with Gasteiger partial charge in [-0.2, -0.15) is 0 Å². The largest absolute Gasteiger partial charge is 0.366 e. The van der Waals surface area contributed by atoms with E-state index in [0.29, 0.717) is 41.8 Å². The van der Waals surface area contributed by atoms with Crippen LogP contribution in [0.3, 0.4) is 0 Å². The number of nitrogens with zero attached hydrogens (tertiary/aromatic N) is 3. The summed E-state index contributed by atoms with van der Waals surface area (Å²) < 4.78 is 15.1. The lowest BCUT2D eigenvalue weighted by molar-refractivity contribution is -0.130. The zero-order valence-corrected chi connectivity index (χ0v) is 18.6. The molecule has 0 spiro atoms. The topological polar surface area (TPSA) is 53.5 Å². The van der Waals surface area contributed by atoms with E-state index in [4.69, 9.17) is 11.6 Å². The highest BCUT2D eigenvalue weighted by molar-refractivity contribution is 7.23. The third-order valence-corrected chi connectivity index (χ3v) is 7.29. The van der Waals surface area contributed by atoms with Gasteiger partial charge in [0.05, 0.1) is 27.0 Å². The first-order chi connectivity index (χ1) is 14.4. The van der Waals surface area contributed by atoms with Crippen LogP contribution in [-0.2, 0) is 11.2 Å². The van der Waals surface area contributed by atoms with Crippen LogP contribution in [0.4, 0.5) is 10.1 Å². The summed E-state index contributed by atoms with van der Waals surface area (Å²) in [6.07, 6.45) is 0.247. The van der Waals surface area contributed by atoms with Crippen molar-refractivity contribution in [3.63, 3.8) is 0 Å². The maximum absolute atomic E-state index is 14.4. The number of thiophene rings is 1. The fourth-order valence-corrected chi connectivity index (χ4v) is 5.31. The van der Waals surface area contributed by atoms with E-state index in [1.807, 2.05) is 22.4 Å². The summed E-state index contributed by atoms with van der Waals surface area (Å²) in [6.45, 7) is 3.53. The van der Waals surface area contributed by atoms with Crippen molar-refractivity contribution < 1.29 is 14.0 Å². The molecule has 3 aromatic rings. The number of carbonyl (C=O) groups excluding carboxylic acids is 2. The van der Waals surface area contributed by atoms with Crippen LogP contribution < -0.4 is 4.90 Å². The van der Waals surface area contributed by atoms with E-state index < -0.39 is 5.82 Å². The number of rotatable bonds is 5. The Labute approximate surface area is 186 Å². The van der Waals surface area contributed by atoms with Gasteiger partial charge >= 0.3 is 0 Å². The molecule has 0 aliphatic carbocycles. The molecule has 1 amide bonds. The van der Waals surface area contributed by atoms with E-state index in [-0.39, 0.29) is 18.1 Å². The Morgan fingerprint density at radius 2 is 1.93 bits per heavy atom. The number of carbonyl (C=O) groups is 2. The monoisotopic (exact) mass is 463 g/mol. The Hall–Kier alpha value is -2.29. The van der Waals surface area contributed by atoms with Gasteiger partial charge in [-0.1, -0.05) is 11.6 Å². The van der Waals surface area contributed by atoms with Crippen molar-refractivity contribution in [1.82, 2.24) is 9.88 Å². The maximum Gasteiger partial charge on any atom is 0.228 e. The van der Waals surface area contributed by atoms with Crippen LogP contribution in [-0.4, -0.2) is 47.8 Å². The van der Waals surface area contributed by atoms with Crippen molar-refractivity contribution in [2.45, 2.75) is 13.3 Å². The molecule has 1 aliphatic heterocycles. The summed E-state index contributed by atoms with van der Waals surface area (Å²) in [5.41, 5.74) is 1.57. The lowest BCUT2D eigenvalue weighted by Gasteiger charge is -2.36. The van der Waals surface area contributed by atoms with Gasteiger partial charge in [-0.05, 0) is 37.3 Å². The average Bonchev–Trinajstić information content (AvgIpc) is 3.37. The molecule has 5 nitrogen and oxygen atoms in total. The Morgan fingerprint density at radius 1 is 1.17 bits per heavy atom. The van der Waals surface area contributed by atoms with Crippen LogP contribution in [0.25, 0.3) is 9.88 Å². The number of hydrogen-bond donors (Lipinski definition) is 0. The van der Waals surface area contributed by atoms with Gasteiger partial charge in [0.25, 0.3) is 0 Å². The zero-order chi connectivity index (χ0) is 21.3. The third kappa shape index (κ3) is 4.55. The Balaban J connectivity index is 1.35. The summed E-state index contributed by atoms with van der Waals surface area (Å²) in [5.74, 6) is -0.558. The van der Waals surface area contributed by atoms with Crippen molar-refractivity contribution in [3.8, 4) is 9.88 Å². The highest BCUT2D eigenvalue weighted by Gasteiger charge is 2.24. The van der Waals surface area contributed by atoms with Gasteiger partial charge in [-0.3, -0.25) is 9.59 Å². The molecule has 4 rings (SSSR count). The minimum Gasteiger partial charge on any atom is -0.366 e. The van der Waals surface area contributed by atoms with Gasteiger partial charge in [0.15, 0.2) is 5.78 Å². The van der Waals surface area contributed by atoms with Gasteiger partial charge in [0, 0.05) is 37.1 Å². The number of ketones is 1. The Kier molecular flexibility index (Phi) is 6.17.